The molecule has 2 fully saturated rings. The number of nitrogens with zero attached hydrogens (tertiary/aromatic N) is 2. The fourth-order valence-corrected chi connectivity index (χ4v) is 7.37. The van der Waals surface area contributed by atoms with E-state index in [1.807, 2.05) is 0 Å². The van der Waals surface area contributed by atoms with Gasteiger partial charge in [-0.15, -0.1) is 0 Å². The monoisotopic (exact) mass is 526 g/mol. The van der Waals surface area contributed by atoms with Gasteiger partial charge < -0.3 is 8.39 Å². The van der Waals surface area contributed by atoms with Crippen molar-refractivity contribution in [2.75, 3.05) is 26.2 Å². The number of hydrogen-bond acceptors (Lipinski definition) is 5. The third kappa shape index (κ3) is 4.52. The Kier molecular flexibility index (Phi) is 6.63. The van der Waals surface area contributed by atoms with E-state index in [-0.39, 0.29) is 0 Å². The predicted octanol–water partition coefficient (Wildman–Crippen LogP) is 8.32. The summed E-state index contributed by atoms with van der Waals surface area (Å²) in [6.45, 7) is 6.04. The predicted molar refractivity (Wildman–Crippen MR) is 157 cm³/mol. The highest BCUT2D eigenvalue weighted by molar-refractivity contribution is 7.30. The van der Waals surface area contributed by atoms with Gasteiger partial charge in [-0.25, -0.2) is 0 Å². The first-order valence-electron chi connectivity index (χ1n) is 14.1. The topological polar surface area (TPSA) is 53.0 Å². The van der Waals surface area contributed by atoms with Gasteiger partial charge in [0.15, 0.2) is 0 Å². The molecule has 2 aliphatic heterocycles. The molecule has 38 heavy (non-hydrogen) atoms. The Morgan fingerprint density at radius 3 is 1.47 bits per heavy atom. The maximum atomic E-state index is 11.2. The largest absolute Gasteiger partial charge is 0.399 e. The summed E-state index contributed by atoms with van der Waals surface area (Å²) in [7, 11) is -2.12. The zero-order chi connectivity index (χ0) is 25.5. The molecule has 1 N–H and O–H groups in total. The second kappa shape index (κ2) is 10.4. The van der Waals surface area contributed by atoms with Gasteiger partial charge in [0.2, 0.25) is 0 Å². The first kappa shape index (κ1) is 24.2. The van der Waals surface area contributed by atoms with Gasteiger partial charge >= 0.3 is 8.24 Å². The Labute approximate surface area is 224 Å². The van der Waals surface area contributed by atoms with Crippen LogP contribution in [-0.2, 0) is 13.1 Å². The van der Waals surface area contributed by atoms with Crippen LogP contribution in [0.15, 0.2) is 69.1 Å². The molecule has 0 atom stereocenters. The zero-order valence-electron chi connectivity index (χ0n) is 21.9. The lowest BCUT2D eigenvalue weighted by molar-refractivity contribution is 0.221. The fourth-order valence-electron chi connectivity index (χ4n) is 6.60. The van der Waals surface area contributed by atoms with Gasteiger partial charge in [-0.05, 0) is 85.5 Å². The molecule has 0 unspecified atom stereocenters. The molecule has 2 saturated heterocycles. The van der Waals surface area contributed by atoms with Crippen LogP contribution in [0.3, 0.4) is 0 Å². The van der Waals surface area contributed by atoms with E-state index < -0.39 is 8.24 Å². The van der Waals surface area contributed by atoms with E-state index in [1.165, 1.54) is 49.3 Å². The van der Waals surface area contributed by atoms with Gasteiger partial charge in [0.05, 0.1) is 0 Å². The summed E-state index contributed by atoms with van der Waals surface area (Å²) in [6.07, 6.45) is 7.55. The van der Waals surface area contributed by atoms with E-state index in [4.69, 9.17) is 8.39 Å². The van der Waals surface area contributed by atoms with Crippen LogP contribution in [0, 0.1) is 0 Å². The maximum absolute atomic E-state index is 11.2. The molecule has 7 rings (SSSR count). The normalized spacial score (nSPS) is 17.6. The summed E-state index contributed by atoms with van der Waals surface area (Å²) < 4.78 is 12.7. The van der Waals surface area contributed by atoms with Crippen molar-refractivity contribution in [1.29, 1.82) is 0 Å². The molecule has 3 heterocycles. The highest BCUT2D eigenvalue weighted by atomic mass is 31.1. The lowest BCUT2D eigenvalue weighted by Crippen LogP contribution is -2.29. The van der Waals surface area contributed by atoms with Gasteiger partial charge in [-0.2, -0.15) is 0 Å². The highest BCUT2D eigenvalue weighted by Gasteiger charge is 2.21. The maximum Gasteiger partial charge on any atom is 0.384 e. The first-order chi connectivity index (χ1) is 18.7. The van der Waals surface area contributed by atoms with Crippen molar-refractivity contribution < 1.29 is 13.3 Å². The Balaban J connectivity index is 1.58. The van der Waals surface area contributed by atoms with Gasteiger partial charge in [0.25, 0.3) is 0 Å². The number of piperidine rings is 2. The molecule has 4 aromatic carbocycles. The molecule has 0 saturated carbocycles. The average Bonchev–Trinajstić information content (AvgIpc) is 3.11. The number of benzene rings is 4. The SMILES string of the molecule is Op1oc2c(CN3CCCCC3)cc3ccccc3c2c2c(o1)c(CN1CCCCC1)cc1ccccc12. The van der Waals surface area contributed by atoms with E-state index in [0.717, 1.165) is 83.1 Å². The second-order valence-corrected chi connectivity index (χ2v) is 11.9. The third-order valence-electron chi connectivity index (χ3n) is 8.43. The molecule has 5 aromatic rings. The van der Waals surface area contributed by atoms with Crippen molar-refractivity contribution >= 4 is 51.7 Å². The van der Waals surface area contributed by atoms with Crippen LogP contribution in [0.4, 0.5) is 0 Å². The zero-order valence-corrected chi connectivity index (χ0v) is 22.8. The summed E-state index contributed by atoms with van der Waals surface area (Å²) in [5, 5.41) is 6.78. The van der Waals surface area contributed by atoms with Crippen molar-refractivity contribution in [1.82, 2.24) is 9.80 Å². The van der Waals surface area contributed by atoms with Crippen molar-refractivity contribution in [3.63, 3.8) is 0 Å². The Morgan fingerprint density at radius 2 is 1.03 bits per heavy atom. The van der Waals surface area contributed by atoms with Crippen molar-refractivity contribution in [2.24, 2.45) is 0 Å². The molecule has 196 valence electrons. The summed E-state index contributed by atoms with van der Waals surface area (Å²) in [5.74, 6) is 0. The molecular formula is C32H35N2O3P. The summed E-state index contributed by atoms with van der Waals surface area (Å²) in [4.78, 5) is 16.2. The molecule has 0 aliphatic carbocycles. The van der Waals surface area contributed by atoms with Crippen molar-refractivity contribution in [2.45, 2.75) is 51.6 Å². The van der Waals surface area contributed by atoms with Crippen LogP contribution in [0.1, 0.15) is 49.7 Å². The van der Waals surface area contributed by atoms with Crippen LogP contribution in [0.2, 0.25) is 0 Å². The second-order valence-electron chi connectivity index (χ2n) is 11.0. The minimum atomic E-state index is -2.12. The first-order valence-corrected chi connectivity index (χ1v) is 15.3. The molecule has 0 amide bonds. The van der Waals surface area contributed by atoms with Crippen LogP contribution in [0.25, 0.3) is 43.5 Å². The summed E-state index contributed by atoms with van der Waals surface area (Å²) >= 11 is 0. The lowest BCUT2D eigenvalue weighted by Gasteiger charge is -2.27. The van der Waals surface area contributed by atoms with Crippen molar-refractivity contribution in [3.8, 4) is 0 Å². The summed E-state index contributed by atoms with van der Waals surface area (Å²) in [5.41, 5.74) is 3.82. The highest BCUT2D eigenvalue weighted by Crippen LogP contribution is 2.43. The van der Waals surface area contributed by atoms with Crippen LogP contribution in [0.5, 0.6) is 0 Å². The standard InChI is InChI=1S/C32H35N2O3P/c35-38-36-31-25(21-33-15-7-1-8-16-33)19-23-11-3-5-13-27(23)29(31)30-28-14-6-4-12-24(28)20-26(32(30)37-38)22-34-17-9-2-10-18-34/h3-6,11-14,19-20,35H,1-2,7-10,15-18,21-22H2. The minimum Gasteiger partial charge on any atom is -0.399 e. The minimum absolute atomic E-state index is 0.780. The van der Waals surface area contributed by atoms with E-state index in [1.54, 1.807) is 0 Å². The molecule has 6 heteroatoms. The average molecular weight is 527 g/mol. The Hall–Kier alpha value is -2.82. The van der Waals surface area contributed by atoms with Crippen LogP contribution < -0.4 is 0 Å². The molecule has 0 bridgehead atoms. The van der Waals surface area contributed by atoms with Gasteiger partial charge in [-0.3, -0.25) is 14.7 Å². The molecule has 5 nitrogen and oxygen atoms in total. The molecule has 0 spiro atoms. The van der Waals surface area contributed by atoms with Crippen LogP contribution >= 0.6 is 8.24 Å². The number of fused-ring (bicyclic) bond motifs is 7. The Bertz CT molecular complexity index is 1540. The number of likely N-dealkylation sites (tertiary alicyclic amines) is 2. The molecule has 2 aliphatic rings. The van der Waals surface area contributed by atoms with Gasteiger partial charge in [-0.1, -0.05) is 61.4 Å². The molecule has 0 radical (unpaired) electrons. The lowest BCUT2D eigenvalue weighted by atomic mass is 9.94. The van der Waals surface area contributed by atoms with E-state index >= 15 is 0 Å². The number of hydrogen-bond donors (Lipinski definition) is 1. The van der Waals surface area contributed by atoms with E-state index in [2.05, 4.69) is 70.5 Å². The number of rotatable bonds is 4. The van der Waals surface area contributed by atoms with E-state index in [9.17, 15) is 4.89 Å². The molecule has 1 aromatic heterocycles. The van der Waals surface area contributed by atoms with Gasteiger partial charge in [0.1, 0.15) is 11.2 Å². The Morgan fingerprint density at radius 1 is 0.605 bits per heavy atom. The third-order valence-corrected chi connectivity index (χ3v) is 9.11. The van der Waals surface area contributed by atoms with Gasteiger partial charge in [0, 0.05) is 35.0 Å². The quantitative estimate of drug-likeness (QED) is 0.255. The smallest absolute Gasteiger partial charge is 0.384 e. The van der Waals surface area contributed by atoms with E-state index in [0.29, 0.717) is 0 Å². The fraction of sp³-hybridized carbons (Fsp3) is 0.375. The molecular weight excluding hydrogens is 491 g/mol. The van der Waals surface area contributed by atoms with Crippen molar-refractivity contribution in [3.05, 3.63) is 71.8 Å². The summed E-state index contributed by atoms with van der Waals surface area (Å²) in [6, 6.07) is 21.7. The van der Waals surface area contributed by atoms with Crippen LogP contribution in [-0.4, -0.2) is 40.9 Å².